The number of hydrogen-bond acceptors (Lipinski definition) is 3. The molecule has 0 unspecified atom stereocenters. The number of rotatable bonds is 7. The van der Waals surface area contributed by atoms with Crippen molar-refractivity contribution in [1.82, 2.24) is 5.32 Å². The van der Waals surface area contributed by atoms with E-state index in [4.69, 9.17) is 4.74 Å². The molecule has 0 atom stereocenters. The van der Waals surface area contributed by atoms with Gasteiger partial charge in [0.15, 0.2) is 0 Å². The van der Waals surface area contributed by atoms with Gasteiger partial charge in [0, 0.05) is 20.1 Å². The van der Waals surface area contributed by atoms with Gasteiger partial charge in [0.1, 0.15) is 0 Å². The van der Waals surface area contributed by atoms with Crippen LogP contribution in [0.2, 0.25) is 0 Å². The number of hydrogen-bond donors (Lipinski definition) is 1. The number of benzene rings is 1. The van der Waals surface area contributed by atoms with Gasteiger partial charge in [0.25, 0.3) is 0 Å². The Morgan fingerprint density at radius 3 is 2.75 bits per heavy atom. The predicted molar refractivity (Wildman–Crippen MR) is 81.6 cm³/mol. The van der Waals surface area contributed by atoms with Crippen molar-refractivity contribution in [3.8, 4) is 0 Å². The van der Waals surface area contributed by atoms with E-state index < -0.39 is 0 Å². The average Bonchev–Trinajstić information content (AvgIpc) is 2.98. The topological polar surface area (TPSA) is 38.3 Å². The van der Waals surface area contributed by atoms with Gasteiger partial charge in [0.2, 0.25) is 5.91 Å². The van der Waals surface area contributed by atoms with Gasteiger partial charge in [-0.1, -0.05) is 24.3 Å². The second kappa shape index (κ2) is 7.82. The van der Waals surface area contributed by atoms with Gasteiger partial charge in [-0.15, -0.1) is 0 Å². The lowest BCUT2D eigenvalue weighted by molar-refractivity contribution is -0.121. The molecule has 1 amide bonds. The van der Waals surface area contributed by atoms with E-state index in [1.807, 2.05) is 29.6 Å². The highest BCUT2D eigenvalue weighted by Gasteiger charge is 2.05. The van der Waals surface area contributed by atoms with E-state index in [0.717, 1.165) is 17.5 Å². The SMILES string of the molecule is COCc1ccccc1CNC(=O)CCc1ccsc1. The summed E-state index contributed by atoms with van der Waals surface area (Å²) < 4.78 is 5.16. The standard InChI is InChI=1S/C16H19NO2S/c1-19-11-15-5-3-2-4-14(15)10-17-16(18)7-6-13-8-9-20-12-13/h2-5,8-9,12H,6-7,10-11H2,1H3,(H,17,18). The molecule has 0 fully saturated rings. The maximum atomic E-state index is 11.8. The summed E-state index contributed by atoms with van der Waals surface area (Å²) in [6, 6.07) is 10.1. The van der Waals surface area contributed by atoms with Crippen molar-refractivity contribution >= 4 is 17.2 Å². The van der Waals surface area contributed by atoms with Gasteiger partial charge in [-0.2, -0.15) is 11.3 Å². The number of thiophene rings is 1. The Bertz CT molecular complexity index is 537. The molecule has 1 aromatic carbocycles. The Labute approximate surface area is 123 Å². The molecular weight excluding hydrogens is 270 g/mol. The summed E-state index contributed by atoms with van der Waals surface area (Å²) in [6.45, 7) is 1.13. The fourth-order valence-electron chi connectivity index (χ4n) is 2.00. The number of carbonyl (C=O) groups is 1. The molecule has 2 rings (SSSR count). The van der Waals surface area contributed by atoms with Crippen LogP contribution in [0.1, 0.15) is 23.1 Å². The smallest absolute Gasteiger partial charge is 0.220 e. The minimum atomic E-state index is 0.0865. The highest BCUT2D eigenvalue weighted by Crippen LogP contribution is 2.10. The van der Waals surface area contributed by atoms with Crippen LogP contribution >= 0.6 is 11.3 Å². The van der Waals surface area contributed by atoms with E-state index in [1.54, 1.807) is 18.4 Å². The first-order valence-corrected chi connectivity index (χ1v) is 7.57. The molecule has 3 nitrogen and oxygen atoms in total. The first kappa shape index (κ1) is 14.8. The van der Waals surface area contributed by atoms with Crippen LogP contribution < -0.4 is 5.32 Å². The zero-order valence-corrected chi connectivity index (χ0v) is 12.4. The fraction of sp³-hybridized carbons (Fsp3) is 0.312. The van der Waals surface area contributed by atoms with Gasteiger partial charge < -0.3 is 10.1 Å². The van der Waals surface area contributed by atoms with E-state index >= 15 is 0 Å². The zero-order chi connectivity index (χ0) is 14.2. The maximum Gasteiger partial charge on any atom is 0.220 e. The Hall–Kier alpha value is -1.65. The highest BCUT2D eigenvalue weighted by atomic mass is 32.1. The van der Waals surface area contributed by atoms with Gasteiger partial charge >= 0.3 is 0 Å². The van der Waals surface area contributed by atoms with Crippen LogP contribution in [0.5, 0.6) is 0 Å². The molecule has 106 valence electrons. The predicted octanol–water partition coefficient (Wildman–Crippen LogP) is 3.14. The van der Waals surface area contributed by atoms with E-state index in [0.29, 0.717) is 19.6 Å². The molecule has 0 saturated heterocycles. The van der Waals surface area contributed by atoms with Crippen LogP contribution in [0.15, 0.2) is 41.1 Å². The first-order valence-electron chi connectivity index (χ1n) is 6.63. The molecule has 0 aliphatic carbocycles. The van der Waals surface area contributed by atoms with Crippen LogP contribution in [-0.4, -0.2) is 13.0 Å². The number of amides is 1. The third kappa shape index (κ3) is 4.47. The highest BCUT2D eigenvalue weighted by molar-refractivity contribution is 7.07. The minimum Gasteiger partial charge on any atom is -0.380 e. The van der Waals surface area contributed by atoms with Gasteiger partial charge in [-0.3, -0.25) is 4.79 Å². The van der Waals surface area contributed by atoms with E-state index in [1.165, 1.54) is 5.56 Å². The fourth-order valence-corrected chi connectivity index (χ4v) is 2.70. The molecule has 0 spiro atoms. The number of nitrogens with one attached hydrogen (secondary N) is 1. The van der Waals surface area contributed by atoms with E-state index in [-0.39, 0.29) is 5.91 Å². The lowest BCUT2D eigenvalue weighted by Crippen LogP contribution is -2.23. The molecule has 0 radical (unpaired) electrons. The Kier molecular flexibility index (Phi) is 5.77. The molecule has 0 aliphatic rings. The van der Waals surface area contributed by atoms with Crippen molar-refractivity contribution in [3.05, 3.63) is 57.8 Å². The summed E-state index contributed by atoms with van der Waals surface area (Å²) in [5.74, 6) is 0.0865. The number of methoxy groups -OCH3 is 1. The van der Waals surface area contributed by atoms with Crippen LogP contribution in [0, 0.1) is 0 Å². The molecule has 1 heterocycles. The van der Waals surface area contributed by atoms with Crippen LogP contribution in [-0.2, 0) is 29.1 Å². The summed E-state index contributed by atoms with van der Waals surface area (Å²) in [6.07, 6.45) is 1.33. The number of ether oxygens (including phenoxy) is 1. The lowest BCUT2D eigenvalue weighted by atomic mass is 10.1. The molecule has 4 heteroatoms. The van der Waals surface area contributed by atoms with Crippen molar-refractivity contribution < 1.29 is 9.53 Å². The summed E-state index contributed by atoms with van der Waals surface area (Å²) in [4.78, 5) is 11.8. The second-order valence-corrected chi connectivity index (χ2v) is 5.39. The molecule has 1 N–H and O–H groups in total. The lowest BCUT2D eigenvalue weighted by Gasteiger charge is -2.10. The van der Waals surface area contributed by atoms with Crippen LogP contribution in [0.3, 0.4) is 0 Å². The number of carbonyl (C=O) groups excluding carboxylic acids is 1. The Morgan fingerprint density at radius 2 is 2.05 bits per heavy atom. The van der Waals surface area contributed by atoms with Crippen molar-refractivity contribution in [2.45, 2.75) is 26.0 Å². The summed E-state index contributed by atoms with van der Waals surface area (Å²) in [5.41, 5.74) is 3.45. The van der Waals surface area contributed by atoms with Crippen LogP contribution in [0.25, 0.3) is 0 Å². The average molecular weight is 289 g/mol. The van der Waals surface area contributed by atoms with E-state index in [2.05, 4.69) is 16.8 Å². The van der Waals surface area contributed by atoms with E-state index in [9.17, 15) is 4.79 Å². The first-order chi connectivity index (χ1) is 9.79. The molecule has 0 bridgehead atoms. The Morgan fingerprint density at radius 1 is 1.25 bits per heavy atom. The van der Waals surface area contributed by atoms with Crippen molar-refractivity contribution in [1.29, 1.82) is 0 Å². The summed E-state index contributed by atoms with van der Waals surface area (Å²) in [7, 11) is 1.68. The normalized spacial score (nSPS) is 10.4. The molecule has 1 aromatic heterocycles. The van der Waals surface area contributed by atoms with Crippen LogP contribution in [0.4, 0.5) is 0 Å². The zero-order valence-electron chi connectivity index (χ0n) is 11.6. The van der Waals surface area contributed by atoms with Crippen molar-refractivity contribution in [2.75, 3.05) is 7.11 Å². The van der Waals surface area contributed by atoms with Crippen molar-refractivity contribution in [3.63, 3.8) is 0 Å². The summed E-state index contributed by atoms with van der Waals surface area (Å²) in [5, 5.41) is 7.09. The van der Waals surface area contributed by atoms with Crippen molar-refractivity contribution in [2.24, 2.45) is 0 Å². The third-order valence-corrected chi connectivity index (χ3v) is 3.85. The minimum absolute atomic E-state index is 0.0865. The van der Waals surface area contributed by atoms with Gasteiger partial charge in [-0.25, -0.2) is 0 Å². The molecule has 0 saturated carbocycles. The monoisotopic (exact) mass is 289 g/mol. The quantitative estimate of drug-likeness (QED) is 0.850. The molecule has 2 aromatic rings. The van der Waals surface area contributed by atoms with Gasteiger partial charge in [0.05, 0.1) is 6.61 Å². The number of aryl methyl sites for hydroxylation is 1. The molecule has 20 heavy (non-hydrogen) atoms. The second-order valence-electron chi connectivity index (χ2n) is 4.61. The molecular formula is C16H19NO2S. The van der Waals surface area contributed by atoms with Gasteiger partial charge in [-0.05, 0) is 39.9 Å². The summed E-state index contributed by atoms with van der Waals surface area (Å²) >= 11 is 1.66. The third-order valence-electron chi connectivity index (χ3n) is 3.12. The largest absolute Gasteiger partial charge is 0.380 e. The Balaban J connectivity index is 1.81. The molecule has 0 aliphatic heterocycles. The maximum absolute atomic E-state index is 11.8.